The van der Waals surface area contributed by atoms with Crippen LogP contribution >= 0.6 is 0 Å². The van der Waals surface area contributed by atoms with Crippen molar-refractivity contribution in [3.63, 3.8) is 0 Å². The van der Waals surface area contributed by atoms with E-state index in [1.165, 1.54) is 19.3 Å². The predicted molar refractivity (Wildman–Crippen MR) is 62.9 cm³/mol. The average Bonchev–Trinajstić information content (AvgIpc) is 2.85. The van der Waals surface area contributed by atoms with E-state index in [4.69, 9.17) is 10.00 Å². The zero-order valence-corrected chi connectivity index (χ0v) is 10.3. The number of nitriles is 1. The second-order valence-corrected chi connectivity index (χ2v) is 5.92. The molecule has 0 aromatic heterocycles. The van der Waals surface area contributed by atoms with Gasteiger partial charge in [0.05, 0.1) is 18.3 Å². The van der Waals surface area contributed by atoms with Crippen LogP contribution in [0.1, 0.15) is 46.0 Å². The second kappa shape index (κ2) is 4.73. The van der Waals surface area contributed by atoms with Gasteiger partial charge < -0.3 is 10.1 Å². The van der Waals surface area contributed by atoms with Crippen molar-refractivity contribution < 1.29 is 4.74 Å². The third-order valence-electron chi connectivity index (χ3n) is 3.86. The highest BCUT2D eigenvalue weighted by atomic mass is 16.5. The molecular weight excluding hydrogens is 200 g/mol. The molecule has 3 heteroatoms. The molecule has 3 atom stereocenters. The Morgan fingerprint density at radius 2 is 2.25 bits per heavy atom. The number of hydrogen-bond donors (Lipinski definition) is 1. The molecule has 16 heavy (non-hydrogen) atoms. The number of nitrogens with zero attached hydrogens (tertiary/aromatic N) is 1. The maximum Gasteiger partial charge on any atom is 0.0733 e. The van der Waals surface area contributed by atoms with E-state index in [9.17, 15) is 0 Å². The lowest BCUT2D eigenvalue weighted by Crippen LogP contribution is -2.42. The topological polar surface area (TPSA) is 45.0 Å². The van der Waals surface area contributed by atoms with Crippen LogP contribution in [0, 0.1) is 16.7 Å². The molecule has 1 N–H and O–H groups in total. The molecule has 0 spiro atoms. The SMILES string of the molecule is CC(C)(CCC#N)CNC1CC2CCC1O2. The molecule has 2 rings (SSSR count). The fourth-order valence-corrected chi connectivity index (χ4v) is 2.74. The Kier molecular flexibility index (Phi) is 3.51. The van der Waals surface area contributed by atoms with E-state index >= 15 is 0 Å². The van der Waals surface area contributed by atoms with Crippen molar-refractivity contribution in [3.05, 3.63) is 0 Å². The monoisotopic (exact) mass is 222 g/mol. The van der Waals surface area contributed by atoms with Crippen molar-refractivity contribution in [3.8, 4) is 6.07 Å². The number of nitrogens with one attached hydrogen (secondary N) is 1. The molecule has 3 unspecified atom stereocenters. The Morgan fingerprint density at radius 1 is 1.44 bits per heavy atom. The van der Waals surface area contributed by atoms with Crippen molar-refractivity contribution in [2.75, 3.05) is 6.54 Å². The fourth-order valence-electron chi connectivity index (χ4n) is 2.74. The number of hydrogen-bond acceptors (Lipinski definition) is 3. The minimum Gasteiger partial charge on any atom is -0.373 e. The molecule has 2 fully saturated rings. The Balaban J connectivity index is 1.73. The van der Waals surface area contributed by atoms with Crippen LogP contribution in [0.3, 0.4) is 0 Å². The summed E-state index contributed by atoms with van der Waals surface area (Å²) >= 11 is 0. The molecule has 0 aromatic rings. The van der Waals surface area contributed by atoms with Gasteiger partial charge in [0.15, 0.2) is 0 Å². The molecular formula is C13H22N2O. The van der Waals surface area contributed by atoms with Crippen LogP contribution in [-0.4, -0.2) is 24.8 Å². The summed E-state index contributed by atoms with van der Waals surface area (Å²) < 4.78 is 5.82. The number of rotatable bonds is 5. The largest absolute Gasteiger partial charge is 0.373 e. The minimum absolute atomic E-state index is 0.220. The van der Waals surface area contributed by atoms with Crippen LogP contribution in [0.5, 0.6) is 0 Å². The molecule has 0 radical (unpaired) electrons. The molecule has 0 amide bonds. The van der Waals surface area contributed by atoms with Gasteiger partial charge in [0.2, 0.25) is 0 Å². The van der Waals surface area contributed by atoms with Crippen molar-refractivity contribution in [2.24, 2.45) is 5.41 Å². The number of ether oxygens (including phenoxy) is 1. The maximum absolute atomic E-state index is 8.60. The molecule has 2 saturated heterocycles. The quantitative estimate of drug-likeness (QED) is 0.775. The van der Waals surface area contributed by atoms with Gasteiger partial charge in [-0.1, -0.05) is 13.8 Å². The van der Waals surface area contributed by atoms with Gasteiger partial charge in [0.25, 0.3) is 0 Å². The highest BCUT2D eigenvalue weighted by Crippen LogP contribution is 2.34. The van der Waals surface area contributed by atoms with Crippen LogP contribution in [0.15, 0.2) is 0 Å². The highest BCUT2D eigenvalue weighted by molar-refractivity contribution is 4.94. The van der Waals surface area contributed by atoms with E-state index in [1.807, 2.05) is 0 Å². The first-order valence-electron chi connectivity index (χ1n) is 6.36. The van der Waals surface area contributed by atoms with Gasteiger partial charge in [-0.05, 0) is 31.1 Å². The van der Waals surface area contributed by atoms with E-state index in [0.29, 0.717) is 24.7 Å². The van der Waals surface area contributed by atoms with E-state index in [0.717, 1.165) is 13.0 Å². The van der Waals surface area contributed by atoms with Crippen molar-refractivity contribution in [2.45, 2.75) is 64.2 Å². The first kappa shape index (κ1) is 11.9. The summed E-state index contributed by atoms with van der Waals surface area (Å²) in [4.78, 5) is 0. The molecule has 2 aliphatic rings. The van der Waals surface area contributed by atoms with Crippen molar-refractivity contribution in [1.29, 1.82) is 5.26 Å². The van der Waals surface area contributed by atoms with Gasteiger partial charge >= 0.3 is 0 Å². The predicted octanol–water partition coefficient (Wildman–Crippen LogP) is 2.23. The first-order chi connectivity index (χ1) is 7.61. The summed E-state index contributed by atoms with van der Waals surface area (Å²) in [5, 5.41) is 12.2. The van der Waals surface area contributed by atoms with Gasteiger partial charge in [0, 0.05) is 19.0 Å². The first-order valence-corrected chi connectivity index (χ1v) is 6.36. The van der Waals surface area contributed by atoms with Crippen LogP contribution in [-0.2, 0) is 4.74 Å². The standard InChI is InChI=1S/C13H22N2O/c1-13(2,6-3-7-14)9-15-11-8-10-4-5-12(11)16-10/h10-12,15H,3-6,8-9H2,1-2H3. The van der Waals surface area contributed by atoms with Gasteiger partial charge in [-0.2, -0.15) is 5.26 Å². The molecule has 3 nitrogen and oxygen atoms in total. The maximum atomic E-state index is 8.60. The third-order valence-corrected chi connectivity index (χ3v) is 3.86. The van der Waals surface area contributed by atoms with E-state index in [1.54, 1.807) is 0 Å². The smallest absolute Gasteiger partial charge is 0.0733 e. The zero-order valence-electron chi connectivity index (χ0n) is 10.3. The van der Waals surface area contributed by atoms with Gasteiger partial charge in [-0.25, -0.2) is 0 Å². The normalized spacial score (nSPS) is 32.9. The summed E-state index contributed by atoms with van der Waals surface area (Å²) in [6, 6.07) is 2.78. The molecule has 0 saturated carbocycles. The summed E-state index contributed by atoms with van der Waals surface area (Å²) in [6.45, 7) is 5.45. The van der Waals surface area contributed by atoms with E-state index < -0.39 is 0 Å². The lowest BCUT2D eigenvalue weighted by molar-refractivity contribution is 0.0959. The van der Waals surface area contributed by atoms with Crippen LogP contribution in [0.25, 0.3) is 0 Å². The average molecular weight is 222 g/mol. The Bertz CT molecular complexity index is 282. The second-order valence-electron chi connectivity index (χ2n) is 5.92. The Morgan fingerprint density at radius 3 is 2.81 bits per heavy atom. The van der Waals surface area contributed by atoms with E-state index in [2.05, 4.69) is 25.2 Å². The molecule has 0 aromatic carbocycles. The molecule has 2 aliphatic heterocycles. The van der Waals surface area contributed by atoms with E-state index in [-0.39, 0.29) is 5.41 Å². The van der Waals surface area contributed by atoms with Gasteiger partial charge in [-0.3, -0.25) is 0 Å². The number of fused-ring (bicyclic) bond motifs is 2. The Hall–Kier alpha value is -0.590. The lowest BCUT2D eigenvalue weighted by atomic mass is 9.87. The summed E-state index contributed by atoms with van der Waals surface area (Å²) in [5.74, 6) is 0. The van der Waals surface area contributed by atoms with Gasteiger partial charge in [-0.15, -0.1) is 0 Å². The van der Waals surface area contributed by atoms with Crippen LogP contribution in [0.4, 0.5) is 0 Å². The highest BCUT2D eigenvalue weighted by Gasteiger charge is 2.40. The summed E-state index contributed by atoms with van der Waals surface area (Å²) in [5.41, 5.74) is 0.220. The molecule has 2 heterocycles. The van der Waals surface area contributed by atoms with Gasteiger partial charge in [0.1, 0.15) is 0 Å². The molecule has 0 aliphatic carbocycles. The molecule has 90 valence electrons. The van der Waals surface area contributed by atoms with Crippen molar-refractivity contribution in [1.82, 2.24) is 5.32 Å². The lowest BCUT2D eigenvalue weighted by Gasteiger charge is -2.28. The Labute approximate surface area is 98.2 Å². The minimum atomic E-state index is 0.220. The zero-order chi connectivity index (χ0) is 11.6. The van der Waals surface area contributed by atoms with Crippen LogP contribution in [0.2, 0.25) is 0 Å². The summed E-state index contributed by atoms with van der Waals surface area (Å²) in [6.07, 6.45) is 6.25. The summed E-state index contributed by atoms with van der Waals surface area (Å²) in [7, 11) is 0. The van der Waals surface area contributed by atoms with Crippen molar-refractivity contribution >= 4 is 0 Å². The van der Waals surface area contributed by atoms with Crippen LogP contribution < -0.4 is 5.32 Å². The fraction of sp³-hybridized carbons (Fsp3) is 0.923. The molecule has 2 bridgehead atoms. The third kappa shape index (κ3) is 2.75.